The SMILES string of the molecule is C[C@H]1[C@H](C)CCC[C@H]1N1C(=O)c2ccc3c4c(ccc(c24)C1=O)C(=O)N([C@@H]1CCC[C@H](C)[C@H]1C)C3=O. The Labute approximate surface area is 212 Å². The molecule has 2 fully saturated rings. The number of imide groups is 2. The predicted octanol–water partition coefficient (Wildman–Crippen LogP) is 5.68. The fourth-order valence-corrected chi connectivity index (χ4v) is 7.35. The highest BCUT2D eigenvalue weighted by molar-refractivity contribution is 6.33. The molecular formula is C30H34N2O4. The van der Waals surface area contributed by atoms with E-state index in [1.54, 1.807) is 24.3 Å². The summed E-state index contributed by atoms with van der Waals surface area (Å²) >= 11 is 0. The van der Waals surface area contributed by atoms with Crippen molar-refractivity contribution in [2.24, 2.45) is 23.7 Å². The van der Waals surface area contributed by atoms with E-state index in [0.29, 0.717) is 44.9 Å². The van der Waals surface area contributed by atoms with Crippen LogP contribution in [-0.4, -0.2) is 45.5 Å². The summed E-state index contributed by atoms with van der Waals surface area (Å²) < 4.78 is 0. The largest absolute Gasteiger partial charge is 0.271 e. The first-order valence-corrected chi connectivity index (χ1v) is 13.6. The molecule has 0 unspecified atom stereocenters. The molecule has 0 radical (unpaired) electrons. The highest BCUT2D eigenvalue weighted by Crippen LogP contribution is 2.43. The third kappa shape index (κ3) is 3.09. The van der Waals surface area contributed by atoms with Crippen LogP contribution in [0.4, 0.5) is 0 Å². The molecule has 6 rings (SSSR count). The van der Waals surface area contributed by atoms with Crippen molar-refractivity contribution in [3.63, 3.8) is 0 Å². The maximum absolute atomic E-state index is 13.8. The molecule has 2 aromatic rings. The number of rotatable bonds is 2. The molecular weight excluding hydrogens is 452 g/mol. The van der Waals surface area contributed by atoms with Gasteiger partial charge in [0, 0.05) is 45.1 Å². The molecule has 0 bridgehead atoms. The summed E-state index contributed by atoms with van der Waals surface area (Å²) in [6.07, 6.45) is 5.80. The summed E-state index contributed by atoms with van der Waals surface area (Å²) in [6, 6.07) is 6.51. The van der Waals surface area contributed by atoms with E-state index < -0.39 is 0 Å². The Morgan fingerprint density at radius 2 is 0.833 bits per heavy atom. The minimum Gasteiger partial charge on any atom is -0.271 e. The Kier molecular flexibility index (Phi) is 5.36. The minimum atomic E-state index is -0.306. The first-order valence-electron chi connectivity index (χ1n) is 13.6. The molecule has 36 heavy (non-hydrogen) atoms. The topological polar surface area (TPSA) is 74.8 Å². The van der Waals surface area contributed by atoms with Gasteiger partial charge in [0.2, 0.25) is 0 Å². The summed E-state index contributed by atoms with van der Waals surface area (Å²) in [7, 11) is 0. The number of carbonyl (C=O) groups is 4. The first-order chi connectivity index (χ1) is 17.2. The van der Waals surface area contributed by atoms with Crippen LogP contribution in [0.3, 0.4) is 0 Å². The van der Waals surface area contributed by atoms with Crippen molar-refractivity contribution >= 4 is 34.4 Å². The molecule has 4 aliphatic rings. The van der Waals surface area contributed by atoms with E-state index >= 15 is 0 Å². The summed E-state index contributed by atoms with van der Waals surface area (Å²) in [5, 5.41) is 0.943. The van der Waals surface area contributed by atoms with Crippen molar-refractivity contribution < 1.29 is 19.2 Å². The van der Waals surface area contributed by atoms with E-state index in [4.69, 9.17) is 0 Å². The Morgan fingerprint density at radius 1 is 0.528 bits per heavy atom. The summed E-state index contributed by atoms with van der Waals surface area (Å²) in [5.41, 5.74) is 1.68. The summed E-state index contributed by atoms with van der Waals surface area (Å²) in [6.45, 7) is 8.63. The molecule has 6 heteroatoms. The lowest BCUT2D eigenvalue weighted by Crippen LogP contribution is -2.53. The zero-order chi connectivity index (χ0) is 25.5. The van der Waals surface area contributed by atoms with Crippen LogP contribution in [0.2, 0.25) is 0 Å². The van der Waals surface area contributed by atoms with E-state index in [9.17, 15) is 19.2 Å². The Balaban J connectivity index is 1.47. The Bertz CT molecular complexity index is 1160. The lowest BCUT2D eigenvalue weighted by atomic mass is 9.75. The zero-order valence-corrected chi connectivity index (χ0v) is 21.5. The number of nitrogens with zero attached hydrogens (tertiary/aromatic N) is 2. The van der Waals surface area contributed by atoms with Gasteiger partial charge in [-0.1, -0.05) is 53.4 Å². The maximum atomic E-state index is 13.8. The molecule has 2 aliphatic carbocycles. The first kappa shape index (κ1) is 23.4. The molecule has 0 spiro atoms. The summed E-state index contributed by atoms with van der Waals surface area (Å²) in [4.78, 5) is 58.0. The van der Waals surface area contributed by atoms with E-state index in [-0.39, 0.29) is 47.5 Å². The van der Waals surface area contributed by atoms with Crippen LogP contribution in [0.25, 0.3) is 10.8 Å². The van der Waals surface area contributed by atoms with Crippen molar-refractivity contribution in [1.29, 1.82) is 0 Å². The van der Waals surface area contributed by atoms with Crippen LogP contribution in [0.5, 0.6) is 0 Å². The van der Waals surface area contributed by atoms with Gasteiger partial charge in [0.05, 0.1) is 0 Å². The zero-order valence-electron chi connectivity index (χ0n) is 21.5. The molecule has 2 heterocycles. The van der Waals surface area contributed by atoms with Gasteiger partial charge < -0.3 is 0 Å². The molecule has 4 amide bonds. The van der Waals surface area contributed by atoms with Gasteiger partial charge in [-0.15, -0.1) is 0 Å². The summed E-state index contributed by atoms with van der Waals surface area (Å²) in [5.74, 6) is 0.0895. The molecule has 188 valence electrons. The van der Waals surface area contributed by atoms with Crippen molar-refractivity contribution in [2.75, 3.05) is 0 Å². The predicted molar refractivity (Wildman–Crippen MR) is 137 cm³/mol. The van der Waals surface area contributed by atoms with Gasteiger partial charge in [0.25, 0.3) is 23.6 Å². The second-order valence-electron chi connectivity index (χ2n) is 11.7. The van der Waals surface area contributed by atoms with Gasteiger partial charge in [-0.3, -0.25) is 29.0 Å². The monoisotopic (exact) mass is 486 g/mol. The van der Waals surface area contributed by atoms with Gasteiger partial charge in [0.15, 0.2) is 0 Å². The third-order valence-corrected chi connectivity index (χ3v) is 9.95. The Morgan fingerprint density at radius 3 is 1.14 bits per heavy atom. The number of benzene rings is 2. The second kappa shape index (κ2) is 8.25. The van der Waals surface area contributed by atoms with Crippen molar-refractivity contribution in [2.45, 2.75) is 78.3 Å². The van der Waals surface area contributed by atoms with Gasteiger partial charge >= 0.3 is 0 Å². The number of carbonyl (C=O) groups excluding carboxylic acids is 4. The third-order valence-electron chi connectivity index (χ3n) is 9.95. The Hall–Kier alpha value is -3.02. The average molecular weight is 487 g/mol. The van der Waals surface area contributed by atoms with Crippen molar-refractivity contribution in [1.82, 2.24) is 9.80 Å². The standard InChI is InChI=1S/C30H34N2O4/c1-15-7-5-9-23(17(15)3)31-27(33)19-11-13-21-26-22(14-12-20(25(19)26)28(31)34)30(36)32(29(21)35)24-10-6-8-16(2)18(24)4/h11-18,23-24H,5-10H2,1-4H3/t15-,16+,17+,18-,23-,24-/m1/s1. The molecule has 0 saturated heterocycles. The van der Waals surface area contributed by atoms with Crippen molar-refractivity contribution in [3.8, 4) is 0 Å². The molecule has 6 nitrogen and oxygen atoms in total. The minimum absolute atomic E-state index is 0.141. The van der Waals surface area contributed by atoms with Crippen LogP contribution < -0.4 is 0 Å². The fraction of sp³-hybridized carbons (Fsp3) is 0.533. The lowest BCUT2D eigenvalue weighted by molar-refractivity contribution is 0.0365. The quantitative estimate of drug-likeness (QED) is 0.512. The number of amides is 4. The number of hydrogen-bond acceptors (Lipinski definition) is 4. The smallest absolute Gasteiger partial charge is 0.261 e. The van der Waals surface area contributed by atoms with Gasteiger partial charge in [-0.25, -0.2) is 0 Å². The molecule has 6 atom stereocenters. The normalized spacial score (nSPS) is 32.4. The van der Waals surface area contributed by atoms with Crippen LogP contribution in [0.1, 0.15) is 108 Å². The van der Waals surface area contributed by atoms with Crippen molar-refractivity contribution in [3.05, 3.63) is 46.5 Å². The molecule has 0 aromatic heterocycles. The van der Waals surface area contributed by atoms with Crippen LogP contribution >= 0.6 is 0 Å². The molecule has 2 aliphatic heterocycles. The molecule has 2 saturated carbocycles. The molecule has 0 N–H and O–H groups in total. The van der Waals surface area contributed by atoms with Gasteiger partial charge in [-0.2, -0.15) is 0 Å². The van der Waals surface area contributed by atoms with Gasteiger partial charge in [-0.05, 0) is 60.8 Å². The van der Waals surface area contributed by atoms with E-state index in [1.165, 1.54) is 9.80 Å². The van der Waals surface area contributed by atoms with E-state index in [2.05, 4.69) is 27.7 Å². The highest BCUT2D eigenvalue weighted by atomic mass is 16.2. The lowest BCUT2D eigenvalue weighted by Gasteiger charge is -2.43. The van der Waals surface area contributed by atoms with Crippen LogP contribution in [0.15, 0.2) is 24.3 Å². The maximum Gasteiger partial charge on any atom is 0.261 e. The highest BCUT2D eigenvalue weighted by Gasteiger charge is 2.46. The van der Waals surface area contributed by atoms with Gasteiger partial charge in [0.1, 0.15) is 0 Å². The fourth-order valence-electron chi connectivity index (χ4n) is 7.35. The van der Waals surface area contributed by atoms with Crippen LogP contribution in [0, 0.1) is 23.7 Å². The van der Waals surface area contributed by atoms with E-state index in [0.717, 1.165) is 38.5 Å². The van der Waals surface area contributed by atoms with Crippen LogP contribution in [-0.2, 0) is 0 Å². The van der Waals surface area contributed by atoms with E-state index in [1.807, 2.05) is 0 Å². The number of hydrogen-bond donors (Lipinski definition) is 0. The second-order valence-corrected chi connectivity index (χ2v) is 11.7. The molecule has 2 aromatic carbocycles. The average Bonchev–Trinajstić information content (AvgIpc) is 2.86.